The first-order chi connectivity index (χ1) is 7.27. The Morgan fingerprint density at radius 1 is 1.27 bits per heavy atom. The minimum Gasteiger partial charge on any atom is -0.384 e. The lowest BCUT2D eigenvalue weighted by Gasteiger charge is -2.31. The zero-order valence-corrected chi connectivity index (χ0v) is 9.32. The SMILES string of the molecule is C[C@H](c1cccc(N)n1)N1CCCCC1. The molecule has 0 saturated carbocycles. The molecule has 1 aromatic heterocycles. The molecular formula is C12H19N3. The summed E-state index contributed by atoms with van der Waals surface area (Å²) in [6, 6.07) is 6.29. The molecule has 0 aromatic carbocycles. The molecule has 1 aliphatic heterocycles. The average molecular weight is 205 g/mol. The number of nitrogens with zero attached hydrogens (tertiary/aromatic N) is 2. The maximum atomic E-state index is 5.70. The Bertz CT molecular complexity index is 318. The Hall–Kier alpha value is -1.09. The Labute approximate surface area is 91.3 Å². The molecule has 1 aromatic rings. The summed E-state index contributed by atoms with van der Waals surface area (Å²) in [4.78, 5) is 6.88. The lowest BCUT2D eigenvalue weighted by Crippen LogP contribution is -2.32. The van der Waals surface area contributed by atoms with Crippen molar-refractivity contribution >= 4 is 5.82 Å². The van der Waals surface area contributed by atoms with Crippen LogP contribution in [0.5, 0.6) is 0 Å². The van der Waals surface area contributed by atoms with Gasteiger partial charge in [0.2, 0.25) is 0 Å². The van der Waals surface area contributed by atoms with Crippen LogP contribution in [-0.4, -0.2) is 23.0 Å². The van der Waals surface area contributed by atoms with Crippen LogP contribution in [0.4, 0.5) is 5.82 Å². The van der Waals surface area contributed by atoms with E-state index < -0.39 is 0 Å². The third kappa shape index (κ3) is 2.48. The van der Waals surface area contributed by atoms with Gasteiger partial charge in [-0.2, -0.15) is 0 Å². The summed E-state index contributed by atoms with van der Waals surface area (Å²) in [5.41, 5.74) is 6.79. The topological polar surface area (TPSA) is 42.1 Å². The van der Waals surface area contributed by atoms with E-state index >= 15 is 0 Å². The number of pyridine rings is 1. The van der Waals surface area contributed by atoms with Crippen molar-refractivity contribution < 1.29 is 0 Å². The van der Waals surface area contributed by atoms with Gasteiger partial charge in [0.15, 0.2) is 0 Å². The highest BCUT2D eigenvalue weighted by Crippen LogP contribution is 2.22. The summed E-state index contributed by atoms with van der Waals surface area (Å²) < 4.78 is 0. The molecule has 0 aliphatic carbocycles. The van der Waals surface area contributed by atoms with Crippen LogP contribution in [-0.2, 0) is 0 Å². The van der Waals surface area contributed by atoms with E-state index in [-0.39, 0.29) is 0 Å². The zero-order chi connectivity index (χ0) is 10.7. The molecule has 3 nitrogen and oxygen atoms in total. The summed E-state index contributed by atoms with van der Waals surface area (Å²) >= 11 is 0. The number of anilines is 1. The molecule has 82 valence electrons. The average Bonchev–Trinajstić information content (AvgIpc) is 2.29. The zero-order valence-electron chi connectivity index (χ0n) is 9.32. The third-order valence-corrected chi connectivity index (χ3v) is 3.16. The first kappa shape index (κ1) is 10.4. The standard InChI is InChI=1S/C12H19N3/c1-10(15-8-3-2-4-9-15)11-6-5-7-12(13)14-11/h5-7,10H,2-4,8-9H2,1H3,(H2,13,14)/t10-/m1/s1. The predicted octanol–water partition coefficient (Wildman–Crippen LogP) is 2.21. The molecular weight excluding hydrogens is 186 g/mol. The number of nitrogens with two attached hydrogens (primary N) is 1. The van der Waals surface area contributed by atoms with Gasteiger partial charge in [-0.15, -0.1) is 0 Å². The van der Waals surface area contributed by atoms with Crippen molar-refractivity contribution in [1.82, 2.24) is 9.88 Å². The van der Waals surface area contributed by atoms with Crippen LogP contribution < -0.4 is 5.73 Å². The van der Waals surface area contributed by atoms with Gasteiger partial charge in [-0.05, 0) is 45.0 Å². The highest BCUT2D eigenvalue weighted by molar-refractivity contribution is 5.29. The van der Waals surface area contributed by atoms with Gasteiger partial charge < -0.3 is 5.73 Å². The summed E-state index contributed by atoms with van der Waals surface area (Å²) in [6.45, 7) is 4.60. The van der Waals surface area contributed by atoms with Crippen LogP contribution in [0.2, 0.25) is 0 Å². The van der Waals surface area contributed by atoms with Crippen molar-refractivity contribution in [3.05, 3.63) is 23.9 Å². The molecule has 0 radical (unpaired) electrons. The fourth-order valence-corrected chi connectivity index (χ4v) is 2.19. The summed E-state index contributed by atoms with van der Waals surface area (Å²) in [7, 11) is 0. The van der Waals surface area contributed by atoms with Crippen molar-refractivity contribution in [3.8, 4) is 0 Å². The molecule has 2 rings (SSSR count). The fourth-order valence-electron chi connectivity index (χ4n) is 2.19. The Morgan fingerprint density at radius 3 is 2.67 bits per heavy atom. The predicted molar refractivity (Wildman–Crippen MR) is 62.5 cm³/mol. The fraction of sp³-hybridized carbons (Fsp3) is 0.583. The Morgan fingerprint density at radius 2 is 2.00 bits per heavy atom. The second kappa shape index (κ2) is 4.62. The first-order valence-electron chi connectivity index (χ1n) is 5.74. The highest BCUT2D eigenvalue weighted by atomic mass is 15.2. The van der Waals surface area contributed by atoms with E-state index in [1.54, 1.807) is 0 Å². The van der Waals surface area contributed by atoms with E-state index in [1.807, 2.05) is 12.1 Å². The lowest BCUT2D eigenvalue weighted by atomic mass is 10.1. The van der Waals surface area contributed by atoms with Gasteiger partial charge in [0.1, 0.15) is 5.82 Å². The number of hydrogen-bond donors (Lipinski definition) is 1. The molecule has 0 amide bonds. The second-order valence-electron chi connectivity index (χ2n) is 4.26. The molecule has 0 bridgehead atoms. The van der Waals surface area contributed by atoms with E-state index in [1.165, 1.54) is 32.4 Å². The van der Waals surface area contributed by atoms with Gasteiger partial charge >= 0.3 is 0 Å². The van der Waals surface area contributed by atoms with Gasteiger partial charge in [-0.1, -0.05) is 12.5 Å². The van der Waals surface area contributed by atoms with Crippen molar-refractivity contribution in [2.45, 2.75) is 32.2 Å². The minimum atomic E-state index is 0.397. The number of likely N-dealkylation sites (tertiary alicyclic amines) is 1. The van der Waals surface area contributed by atoms with Crippen LogP contribution in [0.3, 0.4) is 0 Å². The molecule has 1 saturated heterocycles. The van der Waals surface area contributed by atoms with Gasteiger partial charge in [0.05, 0.1) is 5.69 Å². The van der Waals surface area contributed by atoms with Crippen molar-refractivity contribution in [2.75, 3.05) is 18.8 Å². The van der Waals surface area contributed by atoms with Crippen LogP contribution in [0.25, 0.3) is 0 Å². The smallest absolute Gasteiger partial charge is 0.123 e. The minimum absolute atomic E-state index is 0.397. The van der Waals surface area contributed by atoms with Crippen molar-refractivity contribution in [3.63, 3.8) is 0 Å². The van der Waals surface area contributed by atoms with Crippen LogP contribution in [0, 0.1) is 0 Å². The van der Waals surface area contributed by atoms with Gasteiger partial charge in [0, 0.05) is 6.04 Å². The Kier molecular flexibility index (Phi) is 3.21. The molecule has 1 atom stereocenters. The monoisotopic (exact) mass is 205 g/mol. The maximum absolute atomic E-state index is 5.70. The van der Waals surface area contributed by atoms with E-state index in [0.29, 0.717) is 11.9 Å². The van der Waals surface area contributed by atoms with Crippen molar-refractivity contribution in [1.29, 1.82) is 0 Å². The third-order valence-electron chi connectivity index (χ3n) is 3.16. The highest BCUT2D eigenvalue weighted by Gasteiger charge is 2.18. The van der Waals surface area contributed by atoms with E-state index in [2.05, 4.69) is 22.9 Å². The molecule has 1 aliphatic rings. The van der Waals surface area contributed by atoms with Gasteiger partial charge in [-0.25, -0.2) is 4.98 Å². The second-order valence-corrected chi connectivity index (χ2v) is 4.26. The van der Waals surface area contributed by atoms with Crippen molar-refractivity contribution in [2.24, 2.45) is 0 Å². The van der Waals surface area contributed by atoms with E-state index in [0.717, 1.165) is 5.69 Å². The molecule has 2 heterocycles. The number of piperidine rings is 1. The molecule has 0 spiro atoms. The maximum Gasteiger partial charge on any atom is 0.123 e. The number of nitrogen functional groups attached to an aromatic ring is 1. The van der Waals surface area contributed by atoms with E-state index in [9.17, 15) is 0 Å². The molecule has 2 N–H and O–H groups in total. The van der Waals surface area contributed by atoms with Gasteiger partial charge in [-0.3, -0.25) is 4.90 Å². The largest absolute Gasteiger partial charge is 0.384 e. The van der Waals surface area contributed by atoms with Crippen LogP contribution in [0.15, 0.2) is 18.2 Å². The summed E-state index contributed by atoms with van der Waals surface area (Å²) in [5, 5.41) is 0. The Balaban J connectivity index is 2.08. The molecule has 15 heavy (non-hydrogen) atoms. The number of aromatic nitrogens is 1. The number of hydrogen-bond acceptors (Lipinski definition) is 3. The van der Waals surface area contributed by atoms with Crippen LogP contribution in [0.1, 0.15) is 37.9 Å². The molecule has 1 fully saturated rings. The van der Waals surface area contributed by atoms with Crippen LogP contribution >= 0.6 is 0 Å². The first-order valence-corrected chi connectivity index (χ1v) is 5.74. The normalized spacial score (nSPS) is 20.1. The number of rotatable bonds is 2. The quantitative estimate of drug-likeness (QED) is 0.805. The summed E-state index contributed by atoms with van der Waals surface area (Å²) in [6.07, 6.45) is 3.99. The molecule has 3 heteroatoms. The van der Waals surface area contributed by atoms with Gasteiger partial charge in [0.25, 0.3) is 0 Å². The lowest BCUT2D eigenvalue weighted by molar-refractivity contribution is 0.172. The summed E-state index contributed by atoms with van der Waals surface area (Å²) in [5.74, 6) is 0.622. The molecule has 0 unspecified atom stereocenters. The van der Waals surface area contributed by atoms with E-state index in [4.69, 9.17) is 5.73 Å².